The van der Waals surface area contributed by atoms with Crippen LogP contribution in [0.4, 0.5) is 0 Å². The minimum Gasteiger partial charge on any atom is -0.198 e. The van der Waals surface area contributed by atoms with Crippen molar-refractivity contribution in [2.75, 3.05) is 0 Å². The highest BCUT2D eigenvalue weighted by Gasteiger charge is 2.25. The van der Waals surface area contributed by atoms with Crippen LogP contribution in [0, 0.1) is 41.5 Å². The summed E-state index contributed by atoms with van der Waals surface area (Å²) >= 11 is 0. The van der Waals surface area contributed by atoms with Crippen LogP contribution in [-0.2, 0) is 7.05 Å². The van der Waals surface area contributed by atoms with E-state index in [0.29, 0.717) is 5.92 Å². The monoisotopic (exact) mass is 270 g/mol. The Labute approximate surface area is 123 Å². The Kier molecular flexibility index (Phi) is 3.66. The maximum absolute atomic E-state index is 2.38. The van der Waals surface area contributed by atoms with Gasteiger partial charge in [-0.05, 0) is 62.8 Å². The van der Waals surface area contributed by atoms with Crippen LogP contribution in [0.3, 0.4) is 0 Å². The van der Waals surface area contributed by atoms with Gasteiger partial charge in [0, 0.05) is 18.1 Å². The highest BCUT2D eigenvalue weighted by Crippen LogP contribution is 2.35. The Bertz CT molecular complexity index is 698. The fourth-order valence-corrected chi connectivity index (χ4v) is 3.56. The molecule has 0 aliphatic rings. The molecule has 0 spiro atoms. The molecule has 0 amide bonds. The first-order valence-corrected chi connectivity index (χ1v) is 7.59. The average Bonchev–Trinajstić information content (AvgIpc) is 2.39. The molecule has 1 aromatic heterocycles. The lowest BCUT2D eigenvalue weighted by atomic mass is 9.86. The number of pyridine rings is 1. The van der Waals surface area contributed by atoms with Crippen LogP contribution >= 0.6 is 0 Å². The summed E-state index contributed by atoms with van der Waals surface area (Å²) in [6, 6.07) is 0. The maximum atomic E-state index is 2.38. The molecule has 108 valence electrons. The largest absolute Gasteiger partial charge is 0.216 e. The predicted molar refractivity (Wildman–Crippen MR) is 87.6 cm³/mol. The molecule has 1 aromatic carbocycles. The van der Waals surface area contributed by atoms with Crippen LogP contribution < -0.4 is 4.57 Å². The van der Waals surface area contributed by atoms with E-state index in [1.165, 1.54) is 50.0 Å². The molecule has 1 heteroatoms. The molecule has 0 aliphatic carbocycles. The summed E-state index contributed by atoms with van der Waals surface area (Å²) in [5.41, 5.74) is 11.5. The Morgan fingerprint density at radius 1 is 0.700 bits per heavy atom. The van der Waals surface area contributed by atoms with E-state index in [-0.39, 0.29) is 0 Å². The van der Waals surface area contributed by atoms with Gasteiger partial charge < -0.3 is 0 Å². The van der Waals surface area contributed by atoms with E-state index in [9.17, 15) is 0 Å². The molecule has 0 unspecified atom stereocenters. The van der Waals surface area contributed by atoms with Crippen molar-refractivity contribution in [3.63, 3.8) is 0 Å². The zero-order chi connectivity index (χ0) is 15.4. The summed E-state index contributed by atoms with van der Waals surface area (Å²) in [5.74, 6) is 0.553. The van der Waals surface area contributed by atoms with Gasteiger partial charge >= 0.3 is 0 Å². The van der Waals surface area contributed by atoms with Gasteiger partial charge in [0.25, 0.3) is 0 Å². The Morgan fingerprint density at radius 3 is 1.70 bits per heavy atom. The lowest BCUT2D eigenvalue weighted by Gasteiger charge is -2.20. The minimum absolute atomic E-state index is 0.553. The molecule has 0 aliphatic heterocycles. The van der Waals surface area contributed by atoms with Gasteiger partial charge in [0.2, 0.25) is 5.52 Å². The molecule has 0 atom stereocenters. The third-order valence-corrected chi connectivity index (χ3v) is 5.29. The third kappa shape index (κ3) is 1.87. The predicted octanol–water partition coefficient (Wildman–Crippen LogP) is 4.64. The fraction of sp³-hybridized carbons (Fsp3) is 0.526. The average molecular weight is 270 g/mol. The van der Waals surface area contributed by atoms with Gasteiger partial charge in [0.05, 0.1) is 5.39 Å². The SMILES string of the molecule is Cc1c(C)c(C)c2c(c1C)c(C(C)C)c(C)c(C)[n+]2C. The number of nitrogens with zero attached hydrogens (tertiary/aromatic N) is 1. The van der Waals surface area contributed by atoms with E-state index in [4.69, 9.17) is 0 Å². The first-order chi connectivity index (χ1) is 9.20. The molecule has 0 N–H and O–H groups in total. The third-order valence-electron chi connectivity index (χ3n) is 5.29. The lowest BCUT2D eigenvalue weighted by Crippen LogP contribution is -2.36. The second-order valence-electron chi connectivity index (χ2n) is 6.56. The summed E-state index contributed by atoms with van der Waals surface area (Å²) in [5, 5.41) is 1.48. The van der Waals surface area contributed by atoms with Crippen molar-refractivity contribution in [1.29, 1.82) is 0 Å². The standard InChI is InChI=1S/C19H28N/c1-10(2)17-15(7)16(8)20(9)19-14(6)12(4)11(3)13(5)18(17)19/h10H,1-9H3/q+1. The van der Waals surface area contributed by atoms with Gasteiger partial charge in [0.1, 0.15) is 7.05 Å². The summed E-state index contributed by atoms with van der Waals surface area (Å²) < 4.78 is 2.38. The van der Waals surface area contributed by atoms with Crippen molar-refractivity contribution in [3.05, 3.63) is 39.1 Å². The van der Waals surface area contributed by atoms with Crippen LogP contribution in [-0.4, -0.2) is 0 Å². The molecule has 2 rings (SSSR count). The quantitative estimate of drug-likeness (QED) is 0.665. The van der Waals surface area contributed by atoms with Crippen molar-refractivity contribution < 1.29 is 4.57 Å². The molecular weight excluding hydrogens is 242 g/mol. The maximum Gasteiger partial charge on any atom is 0.216 e. The number of hydrogen-bond donors (Lipinski definition) is 0. The van der Waals surface area contributed by atoms with E-state index in [2.05, 4.69) is 67.0 Å². The van der Waals surface area contributed by atoms with Gasteiger partial charge in [-0.2, -0.15) is 4.57 Å². The number of fused-ring (bicyclic) bond motifs is 1. The van der Waals surface area contributed by atoms with Crippen LogP contribution in [0.15, 0.2) is 0 Å². The first kappa shape index (κ1) is 15.0. The first-order valence-electron chi connectivity index (χ1n) is 7.59. The molecule has 0 radical (unpaired) electrons. The van der Waals surface area contributed by atoms with Gasteiger partial charge in [-0.3, -0.25) is 0 Å². The molecule has 1 nitrogen and oxygen atoms in total. The van der Waals surface area contributed by atoms with E-state index in [1.807, 2.05) is 0 Å². The Morgan fingerprint density at radius 2 is 1.20 bits per heavy atom. The van der Waals surface area contributed by atoms with E-state index in [1.54, 1.807) is 0 Å². The molecule has 1 heterocycles. The van der Waals surface area contributed by atoms with Crippen LogP contribution in [0.1, 0.15) is 58.8 Å². The van der Waals surface area contributed by atoms with Crippen LogP contribution in [0.25, 0.3) is 10.9 Å². The number of aryl methyl sites for hydroxylation is 3. The minimum atomic E-state index is 0.553. The normalized spacial score (nSPS) is 11.7. The van der Waals surface area contributed by atoms with Crippen LogP contribution in [0.2, 0.25) is 0 Å². The summed E-state index contributed by atoms with van der Waals surface area (Å²) in [4.78, 5) is 0. The van der Waals surface area contributed by atoms with Gasteiger partial charge in [0.15, 0.2) is 5.69 Å². The topological polar surface area (TPSA) is 3.88 Å². The van der Waals surface area contributed by atoms with Crippen molar-refractivity contribution in [1.82, 2.24) is 0 Å². The number of rotatable bonds is 1. The summed E-state index contributed by atoms with van der Waals surface area (Å²) in [6.45, 7) is 18.2. The van der Waals surface area contributed by atoms with Crippen molar-refractivity contribution >= 4 is 10.9 Å². The van der Waals surface area contributed by atoms with E-state index < -0.39 is 0 Å². The molecule has 0 bridgehead atoms. The molecule has 2 aromatic rings. The lowest BCUT2D eigenvalue weighted by molar-refractivity contribution is -0.651. The zero-order valence-electron chi connectivity index (χ0n) is 14.5. The van der Waals surface area contributed by atoms with E-state index >= 15 is 0 Å². The molecule has 0 fully saturated rings. The molecule has 20 heavy (non-hydrogen) atoms. The zero-order valence-corrected chi connectivity index (χ0v) is 14.5. The van der Waals surface area contributed by atoms with Crippen molar-refractivity contribution in [2.45, 2.75) is 61.3 Å². The second kappa shape index (κ2) is 4.87. The molecule has 0 saturated carbocycles. The number of benzene rings is 1. The van der Waals surface area contributed by atoms with Gasteiger partial charge in [-0.1, -0.05) is 13.8 Å². The van der Waals surface area contributed by atoms with Gasteiger partial charge in [-0.25, -0.2) is 0 Å². The van der Waals surface area contributed by atoms with Crippen molar-refractivity contribution in [3.8, 4) is 0 Å². The highest BCUT2D eigenvalue weighted by molar-refractivity contribution is 5.89. The Balaban J connectivity index is 3.22. The summed E-state index contributed by atoms with van der Waals surface area (Å²) in [6.07, 6.45) is 0. The smallest absolute Gasteiger partial charge is 0.198 e. The molecule has 0 saturated heterocycles. The summed E-state index contributed by atoms with van der Waals surface area (Å²) in [7, 11) is 2.20. The van der Waals surface area contributed by atoms with Gasteiger partial charge in [-0.15, -0.1) is 0 Å². The second-order valence-corrected chi connectivity index (χ2v) is 6.56. The van der Waals surface area contributed by atoms with Crippen LogP contribution in [0.5, 0.6) is 0 Å². The number of aromatic nitrogens is 1. The highest BCUT2D eigenvalue weighted by atomic mass is 14.9. The molecular formula is C19H28N+. The fourth-order valence-electron chi connectivity index (χ4n) is 3.56. The van der Waals surface area contributed by atoms with E-state index in [0.717, 1.165) is 0 Å². The number of hydrogen-bond acceptors (Lipinski definition) is 0. The van der Waals surface area contributed by atoms with Crippen molar-refractivity contribution in [2.24, 2.45) is 7.05 Å². The Hall–Kier alpha value is -1.37.